The molecule has 166 valence electrons. The van der Waals surface area contributed by atoms with E-state index in [0.717, 1.165) is 16.0 Å². The zero-order chi connectivity index (χ0) is 22.8. The van der Waals surface area contributed by atoms with Crippen molar-refractivity contribution < 1.29 is 14.3 Å². The summed E-state index contributed by atoms with van der Waals surface area (Å²) in [6, 6.07) is 20.3. The Balaban J connectivity index is 1.54. The number of hydrogen-bond donors (Lipinski definition) is 1. The second-order valence-electron chi connectivity index (χ2n) is 6.59. The number of halogens is 2. The molecule has 0 bridgehead atoms. The van der Waals surface area contributed by atoms with Gasteiger partial charge in [0.25, 0.3) is 0 Å². The number of nitrogens with zero attached hydrogens (tertiary/aromatic N) is 1. The molecule has 0 unspecified atom stereocenters. The molecule has 32 heavy (non-hydrogen) atoms. The third-order valence-corrected chi connectivity index (χ3v) is 5.68. The van der Waals surface area contributed by atoms with Crippen LogP contribution in [-0.2, 0) is 11.4 Å². The van der Waals surface area contributed by atoms with Crippen molar-refractivity contribution in [2.24, 2.45) is 5.10 Å². The molecular weight excluding hydrogens is 467 g/mol. The van der Waals surface area contributed by atoms with Crippen LogP contribution in [0.5, 0.6) is 11.5 Å². The fourth-order valence-electron chi connectivity index (χ4n) is 2.63. The number of benzene rings is 3. The van der Waals surface area contributed by atoms with Gasteiger partial charge in [-0.2, -0.15) is 5.10 Å². The lowest BCUT2D eigenvalue weighted by molar-refractivity contribution is -0.118. The van der Waals surface area contributed by atoms with Gasteiger partial charge in [0.2, 0.25) is 5.91 Å². The number of hydrogen-bond acceptors (Lipinski definition) is 5. The number of carbonyl (C=O) groups is 1. The molecule has 0 aliphatic rings. The molecule has 0 heterocycles. The minimum atomic E-state index is -0.200. The highest BCUT2D eigenvalue weighted by atomic mass is 35.5. The van der Waals surface area contributed by atoms with Crippen LogP contribution < -0.4 is 14.9 Å². The van der Waals surface area contributed by atoms with Crippen LogP contribution in [0, 0.1) is 0 Å². The average molecular weight is 489 g/mol. The maximum atomic E-state index is 12.0. The van der Waals surface area contributed by atoms with Gasteiger partial charge in [0.1, 0.15) is 6.61 Å². The third-order valence-electron chi connectivity index (χ3n) is 4.16. The van der Waals surface area contributed by atoms with Crippen molar-refractivity contribution in [3.8, 4) is 11.5 Å². The second kappa shape index (κ2) is 12.4. The van der Waals surface area contributed by atoms with E-state index in [1.807, 2.05) is 61.5 Å². The standard InChI is InChI=1S/C24H22Cl2N2O3S/c1-2-30-23-13-18(5-12-22(23)31-15-17-3-6-19(25)7-4-17)14-27-28-24(29)16-32-21-10-8-20(26)9-11-21/h3-14H,2,15-16H2,1H3,(H,28,29)/b27-14-. The fourth-order valence-corrected chi connectivity index (χ4v) is 3.57. The molecule has 3 rings (SSSR count). The van der Waals surface area contributed by atoms with E-state index < -0.39 is 0 Å². The lowest BCUT2D eigenvalue weighted by Crippen LogP contribution is -2.19. The number of carbonyl (C=O) groups excluding carboxylic acids is 1. The van der Waals surface area contributed by atoms with E-state index in [2.05, 4.69) is 10.5 Å². The molecule has 0 aliphatic heterocycles. The van der Waals surface area contributed by atoms with Gasteiger partial charge in [-0.3, -0.25) is 4.79 Å². The van der Waals surface area contributed by atoms with E-state index in [0.29, 0.717) is 34.8 Å². The maximum absolute atomic E-state index is 12.0. The molecule has 0 atom stereocenters. The van der Waals surface area contributed by atoms with Gasteiger partial charge in [-0.1, -0.05) is 35.3 Å². The monoisotopic (exact) mass is 488 g/mol. The maximum Gasteiger partial charge on any atom is 0.250 e. The minimum Gasteiger partial charge on any atom is -0.490 e. The first-order valence-electron chi connectivity index (χ1n) is 9.88. The van der Waals surface area contributed by atoms with Crippen LogP contribution in [0.3, 0.4) is 0 Å². The summed E-state index contributed by atoms with van der Waals surface area (Å²) < 4.78 is 11.6. The minimum absolute atomic E-state index is 0.200. The summed E-state index contributed by atoms with van der Waals surface area (Å²) in [5.41, 5.74) is 4.31. The van der Waals surface area contributed by atoms with Gasteiger partial charge in [0.05, 0.1) is 18.6 Å². The van der Waals surface area contributed by atoms with Gasteiger partial charge < -0.3 is 9.47 Å². The van der Waals surface area contributed by atoms with Gasteiger partial charge in [-0.15, -0.1) is 11.8 Å². The highest BCUT2D eigenvalue weighted by Crippen LogP contribution is 2.29. The summed E-state index contributed by atoms with van der Waals surface area (Å²) >= 11 is 13.2. The third kappa shape index (κ3) is 7.79. The van der Waals surface area contributed by atoms with Gasteiger partial charge in [-0.05, 0) is 72.6 Å². The van der Waals surface area contributed by atoms with Crippen molar-refractivity contribution in [3.63, 3.8) is 0 Å². The van der Waals surface area contributed by atoms with Gasteiger partial charge >= 0.3 is 0 Å². The molecule has 3 aromatic rings. The van der Waals surface area contributed by atoms with Crippen LogP contribution in [0.1, 0.15) is 18.1 Å². The van der Waals surface area contributed by atoms with Crippen LogP contribution >= 0.6 is 35.0 Å². The predicted octanol–water partition coefficient (Wildman–Crippen LogP) is 6.21. The predicted molar refractivity (Wildman–Crippen MR) is 131 cm³/mol. The number of amides is 1. The Bertz CT molecular complexity index is 1060. The first-order chi connectivity index (χ1) is 15.5. The van der Waals surface area contributed by atoms with E-state index in [1.165, 1.54) is 11.8 Å². The molecule has 0 saturated heterocycles. The first kappa shape index (κ1) is 24.0. The van der Waals surface area contributed by atoms with E-state index in [1.54, 1.807) is 18.3 Å². The summed E-state index contributed by atoms with van der Waals surface area (Å²) in [6.07, 6.45) is 1.57. The summed E-state index contributed by atoms with van der Waals surface area (Å²) in [6.45, 7) is 2.80. The second-order valence-corrected chi connectivity index (χ2v) is 8.51. The Morgan fingerprint density at radius 3 is 2.34 bits per heavy atom. The highest BCUT2D eigenvalue weighted by molar-refractivity contribution is 8.00. The Labute approximate surface area is 201 Å². The van der Waals surface area contributed by atoms with Gasteiger partial charge in [0.15, 0.2) is 11.5 Å². The van der Waals surface area contributed by atoms with Crippen LogP contribution in [0.2, 0.25) is 10.0 Å². The zero-order valence-electron chi connectivity index (χ0n) is 17.4. The SMILES string of the molecule is CCOc1cc(/C=N\NC(=O)CSc2ccc(Cl)cc2)ccc1OCc1ccc(Cl)cc1. The number of hydrazone groups is 1. The Kier molecular flexibility index (Phi) is 9.28. The number of thioether (sulfide) groups is 1. The first-order valence-corrected chi connectivity index (χ1v) is 11.6. The highest BCUT2D eigenvalue weighted by Gasteiger charge is 2.07. The summed E-state index contributed by atoms with van der Waals surface area (Å²) in [5.74, 6) is 1.28. The average Bonchev–Trinajstić information content (AvgIpc) is 2.79. The van der Waals surface area contributed by atoms with Crippen molar-refractivity contribution in [1.82, 2.24) is 5.43 Å². The molecule has 0 aliphatic carbocycles. The van der Waals surface area contributed by atoms with Crippen LogP contribution in [0.4, 0.5) is 0 Å². The van der Waals surface area contributed by atoms with Crippen molar-refractivity contribution in [2.75, 3.05) is 12.4 Å². The largest absolute Gasteiger partial charge is 0.490 e. The molecule has 0 radical (unpaired) electrons. The quantitative estimate of drug-likeness (QED) is 0.209. The molecule has 5 nitrogen and oxygen atoms in total. The zero-order valence-corrected chi connectivity index (χ0v) is 19.7. The van der Waals surface area contributed by atoms with Crippen molar-refractivity contribution in [2.45, 2.75) is 18.4 Å². The molecule has 0 spiro atoms. The van der Waals surface area contributed by atoms with E-state index in [4.69, 9.17) is 32.7 Å². The van der Waals surface area contributed by atoms with Gasteiger partial charge in [-0.25, -0.2) is 5.43 Å². The van der Waals surface area contributed by atoms with Crippen molar-refractivity contribution in [3.05, 3.63) is 87.9 Å². The van der Waals surface area contributed by atoms with Crippen molar-refractivity contribution in [1.29, 1.82) is 0 Å². The molecule has 3 aromatic carbocycles. The fraction of sp³-hybridized carbons (Fsp3) is 0.167. The lowest BCUT2D eigenvalue weighted by atomic mass is 10.2. The lowest BCUT2D eigenvalue weighted by Gasteiger charge is -2.12. The Morgan fingerprint density at radius 2 is 1.66 bits per heavy atom. The van der Waals surface area contributed by atoms with E-state index in [9.17, 15) is 4.79 Å². The smallest absolute Gasteiger partial charge is 0.250 e. The Hall–Kier alpha value is -2.67. The molecule has 1 N–H and O–H groups in total. The molecule has 0 fully saturated rings. The van der Waals surface area contributed by atoms with Crippen molar-refractivity contribution >= 4 is 47.1 Å². The molecule has 8 heteroatoms. The summed E-state index contributed by atoms with van der Waals surface area (Å²) in [5, 5.41) is 5.38. The number of ether oxygens (including phenoxy) is 2. The summed E-state index contributed by atoms with van der Waals surface area (Å²) in [7, 11) is 0. The van der Waals surface area contributed by atoms with E-state index in [-0.39, 0.29) is 11.7 Å². The van der Waals surface area contributed by atoms with Crippen LogP contribution in [0.15, 0.2) is 76.7 Å². The number of rotatable bonds is 10. The molecule has 0 saturated carbocycles. The number of nitrogens with one attached hydrogen (secondary N) is 1. The normalized spacial score (nSPS) is 10.8. The molecule has 0 aromatic heterocycles. The summed E-state index contributed by atoms with van der Waals surface area (Å²) in [4.78, 5) is 13.0. The van der Waals surface area contributed by atoms with Crippen LogP contribution in [0.25, 0.3) is 0 Å². The Morgan fingerprint density at radius 1 is 0.969 bits per heavy atom. The molecule has 1 amide bonds. The molecular formula is C24H22Cl2N2O3S. The van der Waals surface area contributed by atoms with Crippen LogP contribution in [-0.4, -0.2) is 24.5 Å². The topological polar surface area (TPSA) is 59.9 Å². The van der Waals surface area contributed by atoms with Gasteiger partial charge in [0, 0.05) is 14.9 Å². The van der Waals surface area contributed by atoms with E-state index >= 15 is 0 Å².